The summed E-state index contributed by atoms with van der Waals surface area (Å²) in [7, 11) is -3.55. The van der Waals surface area contributed by atoms with Gasteiger partial charge >= 0.3 is 0 Å². The number of nitrogens with one attached hydrogen (secondary N) is 3. The first-order chi connectivity index (χ1) is 13.4. The monoisotopic (exact) mass is 534 g/mol. The second kappa shape index (κ2) is 12.8. The average Bonchev–Trinajstić information content (AvgIpc) is 2.67. The van der Waals surface area contributed by atoms with E-state index in [-0.39, 0.29) is 47.8 Å². The van der Waals surface area contributed by atoms with Crippen LogP contribution in [0.1, 0.15) is 18.1 Å². The maximum atomic E-state index is 13.6. The van der Waals surface area contributed by atoms with Gasteiger partial charge in [0.05, 0.1) is 11.4 Å². The van der Waals surface area contributed by atoms with Crippen LogP contribution in [-0.2, 0) is 16.4 Å². The van der Waals surface area contributed by atoms with Crippen LogP contribution in [0.25, 0.3) is 0 Å². The van der Waals surface area contributed by atoms with Crippen molar-refractivity contribution in [2.45, 2.75) is 25.2 Å². The minimum atomic E-state index is -3.55. The van der Waals surface area contributed by atoms with E-state index in [1.165, 1.54) is 6.07 Å². The van der Waals surface area contributed by atoms with Gasteiger partial charge in [-0.2, -0.15) is 0 Å². The number of halogens is 2. The van der Waals surface area contributed by atoms with Gasteiger partial charge in [-0.1, -0.05) is 35.9 Å². The number of aliphatic imine (C=N–C) groups is 1. The zero-order valence-corrected chi connectivity index (χ0v) is 19.8. The Balaban J connectivity index is 0.00000420. The van der Waals surface area contributed by atoms with Gasteiger partial charge in [-0.3, -0.25) is 4.99 Å². The highest BCUT2D eigenvalue weighted by molar-refractivity contribution is 14.0. The fourth-order valence-electron chi connectivity index (χ4n) is 2.51. The number of hydrogen-bond acceptors (Lipinski definition) is 3. The van der Waals surface area contributed by atoms with Crippen molar-refractivity contribution in [2.75, 3.05) is 26.2 Å². The smallest absolute Gasteiger partial charge is 0.240 e. The molecule has 0 radical (unpaired) electrons. The number of guanidine groups is 1. The Hall–Kier alpha value is -1.72. The predicted molar refractivity (Wildman–Crippen MR) is 126 cm³/mol. The molecule has 160 valence electrons. The molecule has 0 saturated heterocycles. The lowest BCUT2D eigenvalue weighted by Crippen LogP contribution is -2.39. The molecule has 2 rings (SSSR count). The van der Waals surface area contributed by atoms with E-state index in [9.17, 15) is 12.8 Å². The topological polar surface area (TPSA) is 82.6 Å². The zero-order valence-electron chi connectivity index (χ0n) is 16.6. The Kier molecular flexibility index (Phi) is 11.1. The van der Waals surface area contributed by atoms with Gasteiger partial charge < -0.3 is 10.6 Å². The third-order valence-electron chi connectivity index (χ3n) is 3.99. The van der Waals surface area contributed by atoms with E-state index in [4.69, 9.17) is 0 Å². The number of hydrogen-bond donors (Lipinski definition) is 3. The Labute approximate surface area is 189 Å². The third-order valence-corrected chi connectivity index (χ3v) is 5.47. The summed E-state index contributed by atoms with van der Waals surface area (Å²) in [5.41, 5.74) is 1.64. The summed E-state index contributed by atoms with van der Waals surface area (Å²) in [6.07, 6.45) is 0.525. The minimum Gasteiger partial charge on any atom is -0.357 e. The Morgan fingerprint density at radius 1 is 1.03 bits per heavy atom. The molecule has 3 N–H and O–H groups in total. The summed E-state index contributed by atoms with van der Waals surface area (Å²) in [5.74, 6) is 0.338. The second-order valence-corrected chi connectivity index (χ2v) is 8.01. The quantitative estimate of drug-likeness (QED) is 0.200. The molecule has 29 heavy (non-hydrogen) atoms. The molecule has 0 aromatic heterocycles. The van der Waals surface area contributed by atoms with Crippen molar-refractivity contribution in [3.8, 4) is 0 Å². The van der Waals surface area contributed by atoms with E-state index < -0.39 is 10.0 Å². The van der Waals surface area contributed by atoms with Crippen LogP contribution in [0.15, 0.2) is 58.4 Å². The first kappa shape index (κ1) is 25.3. The lowest BCUT2D eigenvalue weighted by Gasteiger charge is -2.12. The molecule has 0 bridgehead atoms. The fraction of sp³-hybridized carbons (Fsp3) is 0.350. The number of rotatable bonds is 9. The molecule has 2 aromatic rings. The Morgan fingerprint density at radius 3 is 2.38 bits per heavy atom. The minimum absolute atomic E-state index is 0. The summed E-state index contributed by atoms with van der Waals surface area (Å²) < 4.78 is 40.7. The first-order valence-corrected chi connectivity index (χ1v) is 10.7. The fourth-order valence-corrected chi connectivity index (χ4v) is 3.53. The molecule has 0 aliphatic carbocycles. The van der Waals surface area contributed by atoms with Gasteiger partial charge in [-0.05, 0) is 44.0 Å². The number of aryl methyl sites for hydroxylation is 1. The maximum Gasteiger partial charge on any atom is 0.240 e. The van der Waals surface area contributed by atoms with Gasteiger partial charge in [0.15, 0.2) is 5.96 Å². The zero-order chi connectivity index (χ0) is 20.4. The second-order valence-electron chi connectivity index (χ2n) is 6.24. The van der Waals surface area contributed by atoms with Gasteiger partial charge in [0.1, 0.15) is 5.82 Å². The number of benzene rings is 2. The van der Waals surface area contributed by atoms with Crippen LogP contribution >= 0.6 is 24.0 Å². The van der Waals surface area contributed by atoms with Gasteiger partial charge in [-0.25, -0.2) is 17.5 Å². The Morgan fingerprint density at radius 2 is 1.72 bits per heavy atom. The standard InChI is InChI=1S/C20H27FN4O2S.HI/c1-3-22-20(23-13-12-17-6-4-5-7-19(17)21)24-14-15-25-28(26,27)18-10-8-16(2)9-11-18;/h4-11,25H,3,12-15H2,1-2H3,(H2,22,23,24);1H. The molecule has 0 spiro atoms. The van der Waals surface area contributed by atoms with E-state index in [0.29, 0.717) is 31.0 Å². The maximum absolute atomic E-state index is 13.6. The largest absolute Gasteiger partial charge is 0.357 e. The summed E-state index contributed by atoms with van der Waals surface area (Å²) >= 11 is 0. The highest BCUT2D eigenvalue weighted by Crippen LogP contribution is 2.09. The SMILES string of the molecule is CCNC(=NCCNS(=O)(=O)c1ccc(C)cc1)NCCc1ccccc1F.I. The lowest BCUT2D eigenvalue weighted by molar-refractivity contribution is 0.582. The molecule has 0 amide bonds. The molecule has 0 aliphatic rings. The van der Waals surface area contributed by atoms with Crippen LogP contribution in [-0.4, -0.2) is 40.6 Å². The average molecular weight is 534 g/mol. The van der Waals surface area contributed by atoms with Gasteiger partial charge in [-0.15, -0.1) is 24.0 Å². The van der Waals surface area contributed by atoms with Gasteiger partial charge in [0, 0.05) is 19.6 Å². The van der Waals surface area contributed by atoms with Crippen LogP contribution in [0.5, 0.6) is 0 Å². The van der Waals surface area contributed by atoms with Crippen molar-refractivity contribution < 1.29 is 12.8 Å². The molecule has 0 aliphatic heterocycles. The van der Waals surface area contributed by atoms with Crippen LogP contribution in [0.2, 0.25) is 0 Å². The van der Waals surface area contributed by atoms with E-state index in [0.717, 1.165) is 5.56 Å². The normalized spacial score (nSPS) is 11.6. The van der Waals surface area contributed by atoms with Crippen LogP contribution in [0, 0.1) is 12.7 Å². The van der Waals surface area contributed by atoms with Crippen molar-refractivity contribution in [3.05, 3.63) is 65.5 Å². The Bertz CT molecular complexity index is 890. The van der Waals surface area contributed by atoms with Crippen LogP contribution < -0.4 is 15.4 Å². The van der Waals surface area contributed by atoms with E-state index >= 15 is 0 Å². The van der Waals surface area contributed by atoms with Crippen LogP contribution in [0.4, 0.5) is 4.39 Å². The molecule has 0 fully saturated rings. The molecule has 2 aromatic carbocycles. The predicted octanol–water partition coefficient (Wildman–Crippen LogP) is 2.83. The highest BCUT2D eigenvalue weighted by Gasteiger charge is 2.12. The molecule has 0 unspecified atom stereocenters. The summed E-state index contributed by atoms with van der Waals surface area (Å²) in [6, 6.07) is 13.3. The van der Waals surface area contributed by atoms with Crippen molar-refractivity contribution in [3.63, 3.8) is 0 Å². The number of nitrogens with zero attached hydrogens (tertiary/aromatic N) is 1. The highest BCUT2D eigenvalue weighted by atomic mass is 127. The molecule has 6 nitrogen and oxygen atoms in total. The van der Waals surface area contributed by atoms with E-state index in [1.54, 1.807) is 42.5 Å². The van der Waals surface area contributed by atoms with Crippen LogP contribution in [0.3, 0.4) is 0 Å². The third kappa shape index (κ3) is 8.67. The molecule has 0 heterocycles. The molecular weight excluding hydrogens is 506 g/mol. The molecule has 0 atom stereocenters. The van der Waals surface area contributed by atoms with Crippen molar-refractivity contribution in [1.82, 2.24) is 15.4 Å². The summed E-state index contributed by atoms with van der Waals surface area (Å²) in [5, 5.41) is 6.21. The number of sulfonamides is 1. The van der Waals surface area contributed by atoms with Gasteiger partial charge in [0.25, 0.3) is 0 Å². The summed E-state index contributed by atoms with van der Waals surface area (Å²) in [6.45, 7) is 5.48. The molecule has 0 saturated carbocycles. The molecular formula is C20H28FIN4O2S. The van der Waals surface area contributed by atoms with Gasteiger partial charge in [0.2, 0.25) is 10.0 Å². The van der Waals surface area contributed by atoms with Crippen molar-refractivity contribution in [2.24, 2.45) is 4.99 Å². The first-order valence-electron chi connectivity index (χ1n) is 9.24. The summed E-state index contributed by atoms with van der Waals surface area (Å²) in [4.78, 5) is 4.58. The molecule has 9 heteroatoms. The van der Waals surface area contributed by atoms with E-state index in [2.05, 4.69) is 20.3 Å². The van der Waals surface area contributed by atoms with Crippen molar-refractivity contribution >= 4 is 40.0 Å². The van der Waals surface area contributed by atoms with Crippen molar-refractivity contribution in [1.29, 1.82) is 0 Å². The van der Waals surface area contributed by atoms with E-state index in [1.807, 2.05) is 13.8 Å². The lowest BCUT2D eigenvalue weighted by atomic mass is 10.1.